The van der Waals surface area contributed by atoms with E-state index in [1.165, 1.54) is 0 Å². The Morgan fingerprint density at radius 2 is 1.47 bits per heavy atom. The molecule has 0 rings (SSSR count). The number of rotatable bonds is 17. The van der Waals surface area contributed by atoms with Crippen molar-refractivity contribution in [2.45, 2.75) is 56.7 Å². The van der Waals surface area contributed by atoms with Crippen molar-refractivity contribution in [1.29, 1.82) is 0 Å². The van der Waals surface area contributed by atoms with Gasteiger partial charge in [-0.05, 0) is 25.7 Å². The van der Waals surface area contributed by atoms with Crippen molar-refractivity contribution >= 4 is 41.5 Å². The Balaban J connectivity index is 4.88. The molecule has 0 radical (unpaired) electrons. The molecule has 0 fully saturated rings. The van der Waals surface area contributed by atoms with E-state index in [9.17, 15) is 33.9 Å². The van der Waals surface area contributed by atoms with Gasteiger partial charge in [-0.1, -0.05) is 0 Å². The number of nitrogens with two attached hydrogens (primary N) is 4. The fraction of sp³-hybridized carbons (Fsp3) is 0.611. The Bertz CT molecular complexity index is 784. The van der Waals surface area contributed by atoms with Crippen molar-refractivity contribution in [1.82, 2.24) is 16.0 Å². The summed E-state index contributed by atoms with van der Waals surface area (Å²) in [4.78, 5) is 73.3. The van der Waals surface area contributed by atoms with E-state index in [4.69, 9.17) is 28.0 Å². The van der Waals surface area contributed by atoms with Crippen LogP contribution in [0.1, 0.15) is 38.5 Å². The van der Waals surface area contributed by atoms with Crippen LogP contribution in [0.2, 0.25) is 0 Å². The molecule has 0 saturated heterocycles. The Morgan fingerprint density at radius 1 is 0.824 bits per heavy atom. The van der Waals surface area contributed by atoms with Gasteiger partial charge >= 0.3 is 11.9 Å². The van der Waals surface area contributed by atoms with Gasteiger partial charge in [0.2, 0.25) is 23.6 Å². The minimum Gasteiger partial charge on any atom is -0.481 e. The number of aliphatic imine (C=N–C) groups is 1. The van der Waals surface area contributed by atoms with E-state index in [0.717, 1.165) is 0 Å². The zero-order chi connectivity index (χ0) is 26.3. The first-order valence-electron chi connectivity index (χ1n) is 10.2. The molecule has 0 aromatic carbocycles. The van der Waals surface area contributed by atoms with Gasteiger partial charge in [-0.2, -0.15) is 0 Å². The van der Waals surface area contributed by atoms with Gasteiger partial charge in [-0.3, -0.25) is 29.0 Å². The monoisotopic (exact) mass is 488 g/mol. The minimum absolute atomic E-state index is 0.0251. The maximum atomic E-state index is 12.4. The molecule has 0 aliphatic rings. The summed E-state index contributed by atoms with van der Waals surface area (Å²) in [5, 5.41) is 24.6. The molecule has 34 heavy (non-hydrogen) atoms. The van der Waals surface area contributed by atoms with E-state index in [2.05, 4.69) is 20.9 Å². The second-order valence-electron chi connectivity index (χ2n) is 7.23. The van der Waals surface area contributed by atoms with Gasteiger partial charge in [0.15, 0.2) is 5.96 Å². The highest BCUT2D eigenvalue weighted by Crippen LogP contribution is 2.02. The molecule has 4 amide bonds. The van der Waals surface area contributed by atoms with Crippen LogP contribution in [0.3, 0.4) is 0 Å². The molecule has 0 bridgehead atoms. The topological polar surface area (TPSA) is 295 Å². The lowest BCUT2D eigenvalue weighted by atomic mass is 10.1. The summed E-state index contributed by atoms with van der Waals surface area (Å²) < 4.78 is 0. The van der Waals surface area contributed by atoms with Crippen molar-refractivity contribution in [3.63, 3.8) is 0 Å². The van der Waals surface area contributed by atoms with E-state index >= 15 is 0 Å². The van der Waals surface area contributed by atoms with Gasteiger partial charge in [0.25, 0.3) is 0 Å². The van der Waals surface area contributed by atoms with Gasteiger partial charge < -0.3 is 49.1 Å². The van der Waals surface area contributed by atoms with Crippen LogP contribution in [0.4, 0.5) is 0 Å². The van der Waals surface area contributed by atoms with Crippen molar-refractivity contribution < 1.29 is 39.0 Å². The molecular formula is C18H32N8O8. The predicted octanol–water partition coefficient (Wildman–Crippen LogP) is -4.33. The summed E-state index contributed by atoms with van der Waals surface area (Å²) in [6, 6.07) is -3.77. The van der Waals surface area contributed by atoms with Gasteiger partial charge in [0, 0.05) is 19.4 Å². The Kier molecular flexibility index (Phi) is 14.0. The molecule has 13 N–H and O–H groups in total. The van der Waals surface area contributed by atoms with E-state index < -0.39 is 60.2 Å². The summed E-state index contributed by atoms with van der Waals surface area (Å²) in [7, 11) is 0. The van der Waals surface area contributed by atoms with Crippen LogP contribution in [0.15, 0.2) is 4.99 Å². The number of carboxylic acid groups (broad SMARTS) is 2. The number of primary amides is 1. The highest BCUT2D eigenvalue weighted by atomic mass is 16.4. The standard InChI is InChI=1S/C18H32N8O8/c19-9(3-6-14(29)30)15(31)26-10(4-5-12(20)27)16(32)24-8-13(28)25-11(17(33)34)2-1-7-23-18(21)22/h9-11H,1-8,19H2,(H2,20,27)(H,24,32)(H,25,28)(H,26,31)(H,29,30)(H,33,34)(H4,21,22,23). The number of amides is 4. The highest BCUT2D eigenvalue weighted by molar-refractivity contribution is 5.93. The lowest BCUT2D eigenvalue weighted by Crippen LogP contribution is -2.53. The summed E-state index contributed by atoms with van der Waals surface area (Å²) >= 11 is 0. The molecule has 0 saturated carbocycles. The first kappa shape index (κ1) is 30.0. The first-order chi connectivity index (χ1) is 15.8. The number of guanidine groups is 1. The molecule has 3 atom stereocenters. The van der Waals surface area contributed by atoms with Gasteiger partial charge in [0.1, 0.15) is 12.1 Å². The van der Waals surface area contributed by atoms with Gasteiger partial charge in [0.05, 0.1) is 12.6 Å². The average Bonchev–Trinajstić information content (AvgIpc) is 2.74. The Hall–Kier alpha value is -3.95. The quantitative estimate of drug-likeness (QED) is 0.0535. The van der Waals surface area contributed by atoms with Crippen LogP contribution in [-0.4, -0.2) is 83.0 Å². The van der Waals surface area contributed by atoms with Crippen LogP contribution in [0, 0.1) is 0 Å². The number of aliphatic carboxylic acids is 2. The number of hydrogen-bond donors (Lipinski definition) is 9. The first-order valence-corrected chi connectivity index (χ1v) is 10.2. The number of carbonyl (C=O) groups is 6. The SMILES string of the molecule is NC(=O)CCC(NC(=O)C(N)CCC(=O)O)C(=O)NCC(=O)NC(CCCN=C(N)N)C(=O)O. The third kappa shape index (κ3) is 14.2. The van der Waals surface area contributed by atoms with Crippen LogP contribution in [0.5, 0.6) is 0 Å². The molecular weight excluding hydrogens is 456 g/mol. The van der Waals surface area contributed by atoms with E-state index in [1.807, 2.05) is 0 Å². The average molecular weight is 489 g/mol. The van der Waals surface area contributed by atoms with Crippen LogP contribution in [0.25, 0.3) is 0 Å². The lowest BCUT2D eigenvalue weighted by molar-refractivity contribution is -0.142. The fourth-order valence-electron chi connectivity index (χ4n) is 2.54. The number of nitrogens with one attached hydrogen (secondary N) is 3. The number of nitrogens with zero attached hydrogens (tertiary/aromatic N) is 1. The second kappa shape index (κ2) is 15.8. The van der Waals surface area contributed by atoms with Crippen molar-refractivity contribution in [2.75, 3.05) is 13.1 Å². The molecule has 0 aromatic heterocycles. The van der Waals surface area contributed by atoms with E-state index in [1.54, 1.807) is 0 Å². The molecule has 0 aromatic rings. The fourth-order valence-corrected chi connectivity index (χ4v) is 2.54. The maximum Gasteiger partial charge on any atom is 0.326 e. The van der Waals surface area contributed by atoms with Gasteiger partial charge in [-0.15, -0.1) is 0 Å². The third-order valence-corrected chi connectivity index (χ3v) is 4.32. The molecule has 16 heteroatoms. The van der Waals surface area contributed by atoms with E-state index in [0.29, 0.717) is 0 Å². The van der Waals surface area contributed by atoms with Gasteiger partial charge in [-0.25, -0.2) is 4.79 Å². The zero-order valence-corrected chi connectivity index (χ0v) is 18.5. The summed E-state index contributed by atoms with van der Waals surface area (Å²) in [6.45, 7) is -0.459. The molecule has 0 spiro atoms. The smallest absolute Gasteiger partial charge is 0.326 e. The van der Waals surface area contributed by atoms with Crippen LogP contribution >= 0.6 is 0 Å². The molecule has 0 aliphatic carbocycles. The predicted molar refractivity (Wildman–Crippen MR) is 118 cm³/mol. The number of hydrogen-bond acceptors (Lipinski definition) is 8. The normalized spacial score (nSPS) is 13.0. The Labute approximate surface area is 194 Å². The number of carboxylic acids is 2. The lowest BCUT2D eigenvalue weighted by Gasteiger charge is -2.20. The van der Waals surface area contributed by atoms with Crippen molar-refractivity contribution in [2.24, 2.45) is 27.9 Å². The second-order valence-corrected chi connectivity index (χ2v) is 7.23. The van der Waals surface area contributed by atoms with Crippen molar-refractivity contribution in [3.8, 4) is 0 Å². The largest absolute Gasteiger partial charge is 0.481 e. The zero-order valence-electron chi connectivity index (χ0n) is 18.5. The summed E-state index contributed by atoms with van der Waals surface area (Å²) in [6.07, 6.45) is -0.742. The number of carbonyl (C=O) groups excluding carboxylic acids is 4. The highest BCUT2D eigenvalue weighted by Gasteiger charge is 2.25. The molecule has 3 unspecified atom stereocenters. The minimum atomic E-state index is -1.30. The van der Waals surface area contributed by atoms with E-state index in [-0.39, 0.29) is 51.0 Å². The molecule has 0 aliphatic heterocycles. The van der Waals surface area contributed by atoms with Crippen molar-refractivity contribution in [3.05, 3.63) is 0 Å². The summed E-state index contributed by atoms with van der Waals surface area (Å²) in [5.41, 5.74) is 21.0. The summed E-state index contributed by atoms with van der Waals surface area (Å²) in [5.74, 6) is -5.86. The maximum absolute atomic E-state index is 12.4. The third-order valence-electron chi connectivity index (χ3n) is 4.32. The molecule has 192 valence electrons. The molecule has 0 heterocycles. The Morgan fingerprint density at radius 3 is 2.00 bits per heavy atom. The van der Waals surface area contributed by atoms with Crippen LogP contribution in [-0.2, 0) is 28.8 Å². The molecule has 16 nitrogen and oxygen atoms in total. The van der Waals surface area contributed by atoms with Crippen LogP contribution < -0.4 is 38.9 Å².